The van der Waals surface area contributed by atoms with Crippen molar-refractivity contribution in [2.24, 2.45) is 5.73 Å². The maximum atomic E-state index is 13.2. The molecule has 9 heteroatoms. The summed E-state index contributed by atoms with van der Waals surface area (Å²) < 4.78 is 3.16. The van der Waals surface area contributed by atoms with Gasteiger partial charge in [-0.1, -0.05) is 24.3 Å². The molecule has 9 nitrogen and oxygen atoms in total. The lowest BCUT2D eigenvalue weighted by atomic mass is 9.82. The Morgan fingerprint density at radius 1 is 1.14 bits per heavy atom. The molecule has 1 fully saturated rings. The van der Waals surface area contributed by atoms with Crippen LogP contribution in [-0.4, -0.2) is 35.5 Å². The molecule has 0 aliphatic heterocycles. The standard InChI is InChI=1S/C28H33N7O2/c1-4-16-34-26(36)22-17-30-27(31-21-14-10-19(11-15-21)18-8-12-20(29)13-9-18)33-25(22)35(34)24-7-5-6-23(32-24)28(2,3)37/h4-7,10-11,14-15,17-18,20,37H,1,8-9,12-13,16,29H2,2-3H3,(H,30,31,33). The Morgan fingerprint density at radius 2 is 1.86 bits per heavy atom. The summed E-state index contributed by atoms with van der Waals surface area (Å²) in [6, 6.07) is 14.0. The van der Waals surface area contributed by atoms with Gasteiger partial charge in [0.15, 0.2) is 11.5 Å². The van der Waals surface area contributed by atoms with Gasteiger partial charge in [0.2, 0.25) is 5.95 Å². The molecule has 192 valence electrons. The zero-order valence-electron chi connectivity index (χ0n) is 21.3. The van der Waals surface area contributed by atoms with Crippen LogP contribution in [0.15, 0.2) is 66.1 Å². The maximum Gasteiger partial charge on any atom is 0.278 e. The Hall–Kier alpha value is -3.82. The molecule has 1 saturated carbocycles. The van der Waals surface area contributed by atoms with Crippen LogP contribution >= 0.6 is 0 Å². The van der Waals surface area contributed by atoms with Crippen LogP contribution in [0.1, 0.15) is 56.7 Å². The van der Waals surface area contributed by atoms with Crippen LogP contribution in [0.4, 0.5) is 11.6 Å². The van der Waals surface area contributed by atoms with Crippen molar-refractivity contribution in [3.63, 3.8) is 0 Å². The van der Waals surface area contributed by atoms with Crippen molar-refractivity contribution in [2.45, 2.75) is 63.6 Å². The van der Waals surface area contributed by atoms with E-state index in [9.17, 15) is 9.90 Å². The monoisotopic (exact) mass is 499 g/mol. The number of pyridine rings is 1. The number of anilines is 2. The molecule has 4 N–H and O–H groups in total. The van der Waals surface area contributed by atoms with Crippen LogP contribution < -0.4 is 16.6 Å². The maximum absolute atomic E-state index is 13.2. The van der Waals surface area contributed by atoms with E-state index in [1.165, 1.54) is 16.4 Å². The van der Waals surface area contributed by atoms with E-state index in [-0.39, 0.29) is 12.1 Å². The number of nitrogens with zero attached hydrogens (tertiary/aromatic N) is 5. The van der Waals surface area contributed by atoms with Crippen molar-refractivity contribution in [1.29, 1.82) is 0 Å². The molecule has 37 heavy (non-hydrogen) atoms. The largest absolute Gasteiger partial charge is 0.384 e. The highest BCUT2D eigenvalue weighted by Gasteiger charge is 2.22. The van der Waals surface area contributed by atoms with Gasteiger partial charge in [0.05, 0.1) is 12.2 Å². The van der Waals surface area contributed by atoms with Gasteiger partial charge in [0, 0.05) is 17.9 Å². The second-order valence-corrected chi connectivity index (χ2v) is 10.2. The summed E-state index contributed by atoms with van der Waals surface area (Å²) in [5.74, 6) is 1.38. The summed E-state index contributed by atoms with van der Waals surface area (Å²) in [5.41, 5.74) is 7.76. The average Bonchev–Trinajstić information content (AvgIpc) is 3.15. The first-order valence-corrected chi connectivity index (χ1v) is 12.7. The molecule has 3 aromatic heterocycles. The Kier molecular flexibility index (Phi) is 6.66. The molecular weight excluding hydrogens is 466 g/mol. The second kappa shape index (κ2) is 9.91. The quantitative estimate of drug-likeness (QED) is 0.327. The van der Waals surface area contributed by atoms with E-state index in [1.54, 1.807) is 42.8 Å². The van der Waals surface area contributed by atoms with Crippen LogP contribution in [0, 0.1) is 0 Å². The number of hydrogen-bond acceptors (Lipinski definition) is 7. The predicted molar refractivity (Wildman–Crippen MR) is 145 cm³/mol. The number of nitrogens with one attached hydrogen (secondary N) is 1. The van der Waals surface area contributed by atoms with Crippen molar-refractivity contribution < 1.29 is 5.11 Å². The molecule has 3 heterocycles. The molecular formula is C28H33N7O2. The van der Waals surface area contributed by atoms with Crippen LogP contribution in [0.3, 0.4) is 0 Å². The third-order valence-electron chi connectivity index (χ3n) is 6.97. The fourth-order valence-corrected chi connectivity index (χ4v) is 4.91. The molecule has 1 aliphatic rings. The first kappa shape index (κ1) is 24.9. The average molecular weight is 500 g/mol. The van der Waals surface area contributed by atoms with Gasteiger partial charge in [-0.15, -0.1) is 6.58 Å². The van der Waals surface area contributed by atoms with Gasteiger partial charge < -0.3 is 16.2 Å². The van der Waals surface area contributed by atoms with Gasteiger partial charge in [-0.25, -0.2) is 19.3 Å². The van der Waals surface area contributed by atoms with Crippen molar-refractivity contribution in [1.82, 2.24) is 24.3 Å². The van der Waals surface area contributed by atoms with Crippen LogP contribution in [0.5, 0.6) is 0 Å². The lowest BCUT2D eigenvalue weighted by molar-refractivity contribution is 0.0738. The summed E-state index contributed by atoms with van der Waals surface area (Å²) in [6.45, 7) is 7.39. The number of nitrogens with two attached hydrogens (primary N) is 1. The highest BCUT2D eigenvalue weighted by molar-refractivity contribution is 5.77. The first-order valence-electron chi connectivity index (χ1n) is 12.7. The van der Waals surface area contributed by atoms with Crippen molar-refractivity contribution in [3.8, 4) is 5.82 Å². The molecule has 0 unspecified atom stereocenters. The third kappa shape index (κ3) is 5.05. The lowest BCUT2D eigenvalue weighted by Crippen LogP contribution is -2.25. The minimum absolute atomic E-state index is 0.242. The zero-order chi connectivity index (χ0) is 26.2. The second-order valence-electron chi connectivity index (χ2n) is 10.2. The highest BCUT2D eigenvalue weighted by Crippen LogP contribution is 2.33. The minimum atomic E-state index is -1.14. The molecule has 5 rings (SSSR count). The van der Waals surface area contributed by atoms with E-state index in [2.05, 4.69) is 34.0 Å². The van der Waals surface area contributed by atoms with E-state index in [0.29, 0.717) is 40.5 Å². The fourth-order valence-electron chi connectivity index (χ4n) is 4.91. The molecule has 0 saturated heterocycles. The van der Waals surface area contributed by atoms with Gasteiger partial charge in [-0.2, -0.15) is 4.98 Å². The number of rotatable bonds is 7. The molecule has 0 radical (unpaired) electrons. The zero-order valence-corrected chi connectivity index (χ0v) is 21.3. The molecule has 1 aromatic carbocycles. The van der Waals surface area contributed by atoms with Crippen LogP contribution in [0.2, 0.25) is 0 Å². The smallest absolute Gasteiger partial charge is 0.278 e. The van der Waals surface area contributed by atoms with Gasteiger partial charge in [0.1, 0.15) is 11.0 Å². The summed E-state index contributed by atoms with van der Waals surface area (Å²) >= 11 is 0. The van der Waals surface area contributed by atoms with Gasteiger partial charge in [0.25, 0.3) is 5.56 Å². The molecule has 4 aromatic rings. The minimum Gasteiger partial charge on any atom is -0.384 e. The SMILES string of the molecule is C=CCn1c(=O)c2cnc(Nc3ccc(C4CCC(N)CC4)cc3)nc2n1-c1cccc(C(C)(C)O)n1. The number of benzene rings is 1. The van der Waals surface area contributed by atoms with Crippen molar-refractivity contribution in [2.75, 3.05) is 5.32 Å². The number of fused-ring (bicyclic) bond motifs is 1. The number of allylic oxidation sites excluding steroid dienone is 1. The summed E-state index contributed by atoms with van der Waals surface area (Å²) in [5, 5.41) is 14.1. The highest BCUT2D eigenvalue weighted by atomic mass is 16.3. The van der Waals surface area contributed by atoms with Gasteiger partial charge in [-0.05, 0) is 75.3 Å². The molecule has 0 atom stereocenters. The Morgan fingerprint density at radius 3 is 2.54 bits per heavy atom. The third-order valence-corrected chi connectivity index (χ3v) is 6.97. The Balaban J connectivity index is 1.50. The lowest BCUT2D eigenvalue weighted by Gasteiger charge is -2.26. The Bertz CT molecular complexity index is 1470. The fraction of sp³-hybridized carbons (Fsp3) is 0.357. The summed E-state index contributed by atoms with van der Waals surface area (Å²) in [4.78, 5) is 26.9. The molecule has 0 bridgehead atoms. The molecule has 0 amide bonds. The van der Waals surface area contributed by atoms with E-state index in [0.717, 1.165) is 31.4 Å². The summed E-state index contributed by atoms with van der Waals surface area (Å²) in [7, 11) is 0. The number of aliphatic hydroxyl groups is 1. The van der Waals surface area contributed by atoms with Crippen molar-refractivity contribution >= 4 is 22.7 Å². The summed E-state index contributed by atoms with van der Waals surface area (Å²) in [6.07, 6.45) is 7.55. The first-order chi connectivity index (χ1) is 17.7. The van der Waals surface area contributed by atoms with Crippen LogP contribution in [0.25, 0.3) is 16.9 Å². The van der Waals surface area contributed by atoms with Gasteiger partial charge in [-0.3, -0.25) is 4.79 Å². The van der Waals surface area contributed by atoms with Crippen LogP contribution in [-0.2, 0) is 12.1 Å². The van der Waals surface area contributed by atoms with E-state index < -0.39 is 5.60 Å². The van der Waals surface area contributed by atoms with E-state index >= 15 is 0 Å². The molecule has 0 spiro atoms. The van der Waals surface area contributed by atoms with E-state index in [4.69, 9.17) is 10.7 Å². The van der Waals surface area contributed by atoms with Crippen molar-refractivity contribution in [3.05, 3.63) is 82.9 Å². The number of hydrogen-bond donors (Lipinski definition) is 3. The normalized spacial score (nSPS) is 18.2. The Labute approximate surface area is 215 Å². The predicted octanol–water partition coefficient (Wildman–Crippen LogP) is 4.12. The van der Waals surface area contributed by atoms with E-state index in [1.807, 2.05) is 12.1 Å². The molecule has 1 aliphatic carbocycles. The number of aromatic nitrogens is 5. The topological polar surface area (TPSA) is 124 Å². The van der Waals surface area contributed by atoms with Gasteiger partial charge >= 0.3 is 0 Å².